The van der Waals surface area contributed by atoms with E-state index in [1.807, 2.05) is 72.3 Å². The Morgan fingerprint density at radius 1 is 1.06 bits per heavy atom. The first kappa shape index (κ1) is 40.4. The smallest absolute Gasteiger partial charge is 0.325 e. The lowest BCUT2D eigenvalue weighted by Crippen LogP contribution is -2.50. The third-order valence-electron chi connectivity index (χ3n) is 9.90. The van der Waals surface area contributed by atoms with Crippen molar-refractivity contribution in [3.05, 3.63) is 81.6 Å². The average Bonchev–Trinajstić information content (AvgIpc) is 3.07. The van der Waals surface area contributed by atoms with Gasteiger partial charge in [0.2, 0.25) is 5.91 Å². The van der Waals surface area contributed by atoms with Crippen molar-refractivity contribution in [2.24, 2.45) is 16.8 Å². The fourth-order valence-corrected chi connectivity index (χ4v) is 7.02. The van der Waals surface area contributed by atoms with E-state index in [-0.39, 0.29) is 41.8 Å². The Hall–Kier alpha value is -3.36. The highest BCUT2D eigenvalue weighted by atomic mass is 35.5. The SMILES string of the molecule is CCOc1cc(C(C)(C)C)ncc1C(=NC(C)(C)C1C=CC(Cl)=CC1)N(Cc1ccc(Cl)cc1)C(=O)N1CCC(CC(=O)N(CC)C(C)C)CC1. The minimum absolute atomic E-state index is 0.0432. The van der Waals surface area contributed by atoms with Crippen molar-refractivity contribution in [3.63, 3.8) is 0 Å². The second-order valence-corrected chi connectivity index (χ2v) is 16.4. The minimum Gasteiger partial charge on any atom is -0.493 e. The highest BCUT2D eigenvalue weighted by Crippen LogP contribution is 2.35. The predicted molar refractivity (Wildman–Crippen MR) is 210 cm³/mol. The summed E-state index contributed by atoms with van der Waals surface area (Å²) in [5, 5.41) is 1.34. The summed E-state index contributed by atoms with van der Waals surface area (Å²) < 4.78 is 6.30. The number of aliphatic imine (C=N–C) groups is 1. The van der Waals surface area contributed by atoms with Gasteiger partial charge in [0.25, 0.3) is 0 Å². The number of pyridine rings is 1. The van der Waals surface area contributed by atoms with Crippen LogP contribution in [0.5, 0.6) is 5.75 Å². The molecule has 278 valence electrons. The molecule has 0 bridgehead atoms. The molecule has 2 aliphatic rings. The molecule has 1 fully saturated rings. The van der Waals surface area contributed by atoms with Crippen molar-refractivity contribution < 1.29 is 14.3 Å². The van der Waals surface area contributed by atoms with Crippen LogP contribution in [-0.4, -0.2) is 75.3 Å². The quantitative estimate of drug-likeness (QED) is 0.170. The van der Waals surface area contributed by atoms with Crippen molar-refractivity contribution in [2.75, 3.05) is 26.2 Å². The maximum atomic E-state index is 14.9. The molecule has 1 atom stereocenters. The number of carbonyl (C=O) groups is 2. The Bertz CT molecular complexity index is 1600. The summed E-state index contributed by atoms with van der Waals surface area (Å²) >= 11 is 12.6. The molecule has 10 heteroatoms. The van der Waals surface area contributed by atoms with Gasteiger partial charge in [-0.15, -0.1) is 0 Å². The number of rotatable bonds is 11. The van der Waals surface area contributed by atoms with Crippen LogP contribution in [0.4, 0.5) is 4.79 Å². The summed E-state index contributed by atoms with van der Waals surface area (Å²) in [5.74, 6) is 1.58. The van der Waals surface area contributed by atoms with Crippen molar-refractivity contribution in [3.8, 4) is 5.75 Å². The van der Waals surface area contributed by atoms with E-state index < -0.39 is 5.54 Å². The number of piperidine rings is 1. The van der Waals surface area contributed by atoms with E-state index >= 15 is 0 Å². The van der Waals surface area contributed by atoms with Crippen LogP contribution in [-0.2, 0) is 16.8 Å². The number of urea groups is 1. The van der Waals surface area contributed by atoms with E-state index in [2.05, 4.69) is 54.5 Å². The molecule has 0 saturated carbocycles. The minimum atomic E-state index is -0.625. The second kappa shape index (κ2) is 17.4. The predicted octanol–water partition coefficient (Wildman–Crippen LogP) is 9.64. The molecule has 0 spiro atoms. The Morgan fingerprint density at radius 3 is 2.27 bits per heavy atom. The van der Waals surface area contributed by atoms with E-state index in [4.69, 9.17) is 37.9 Å². The molecule has 4 rings (SSSR count). The van der Waals surface area contributed by atoms with Crippen molar-refractivity contribution in [2.45, 2.75) is 112 Å². The summed E-state index contributed by atoms with van der Waals surface area (Å²) in [4.78, 5) is 44.0. The Morgan fingerprint density at radius 2 is 1.73 bits per heavy atom. The van der Waals surface area contributed by atoms with E-state index in [0.717, 1.165) is 30.5 Å². The molecule has 3 amide bonds. The van der Waals surface area contributed by atoms with Gasteiger partial charge >= 0.3 is 6.03 Å². The van der Waals surface area contributed by atoms with Crippen molar-refractivity contribution >= 4 is 41.0 Å². The number of benzene rings is 1. The number of halogens is 2. The number of aromatic nitrogens is 1. The molecule has 51 heavy (non-hydrogen) atoms. The third-order valence-corrected chi connectivity index (χ3v) is 10.4. The average molecular weight is 739 g/mol. The zero-order valence-corrected chi connectivity index (χ0v) is 33.5. The van der Waals surface area contributed by atoms with E-state index in [1.165, 1.54) is 0 Å². The first-order valence-corrected chi connectivity index (χ1v) is 19.2. The number of amidine groups is 1. The van der Waals surface area contributed by atoms with Crippen LogP contribution in [0.2, 0.25) is 5.02 Å². The highest BCUT2D eigenvalue weighted by Gasteiger charge is 2.36. The molecular weight excluding hydrogens is 681 g/mol. The summed E-state index contributed by atoms with van der Waals surface area (Å²) in [7, 11) is 0. The first-order valence-electron chi connectivity index (χ1n) is 18.4. The number of hydrogen-bond donors (Lipinski definition) is 0. The lowest BCUT2D eigenvalue weighted by atomic mass is 9.83. The van der Waals surface area contributed by atoms with Crippen LogP contribution in [0, 0.1) is 11.8 Å². The van der Waals surface area contributed by atoms with Crippen LogP contribution in [0.3, 0.4) is 0 Å². The van der Waals surface area contributed by atoms with Crippen LogP contribution in [0.15, 0.2) is 64.8 Å². The van der Waals surface area contributed by atoms with E-state index in [0.29, 0.717) is 59.9 Å². The van der Waals surface area contributed by atoms with Crippen LogP contribution >= 0.6 is 23.2 Å². The van der Waals surface area contributed by atoms with E-state index in [1.54, 1.807) is 4.90 Å². The Kier molecular flexibility index (Phi) is 13.8. The van der Waals surface area contributed by atoms with Gasteiger partial charge in [-0.1, -0.05) is 68.3 Å². The lowest BCUT2D eigenvalue weighted by Gasteiger charge is -2.38. The van der Waals surface area contributed by atoms with Gasteiger partial charge in [-0.05, 0) is 90.5 Å². The molecule has 0 N–H and O–H groups in total. The summed E-state index contributed by atoms with van der Waals surface area (Å²) in [5.41, 5.74) is 1.61. The molecule has 0 radical (unpaired) electrons. The first-order chi connectivity index (χ1) is 24.0. The summed E-state index contributed by atoms with van der Waals surface area (Å²) in [6, 6.07) is 9.57. The van der Waals surface area contributed by atoms with Gasteiger partial charge in [-0.2, -0.15) is 0 Å². The maximum absolute atomic E-state index is 14.9. The van der Waals surface area contributed by atoms with Gasteiger partial charge in [-0.25, -0.2) is 4.79 Å². The number of ether oxygens (including phenoxy) is 1. The zero-order valence-electron chi connectivity index (χ0n) is 32.0. The standard InChI is InChI=1S/C41H57Cl2N5O3/c1-10-47(28(3)4)37(49)24-29-20-22-46(23-21-29)39(50)48(27-30-12-16-32(42)17-13-30)38(45-41(8,9)31-14-18-33(43)19-15-31)34-26-44-36(40(5,6)7)25-35(34)51-11-2/h12-14,16-19,25-26,28-29,31H,10-11,15,20-24,27H2,1-9H3. The lowest BCUT2D eigenvalue weighted by molar-refractivity contribution is -0.134. The third kappa shape index (κ3) is 10.6. The number of likely N-dealkylation sites (tertiary alicyclic amines) is 1. The fraction of sp³-hybridized carbons (Fsp3) is 0.561. The summed E-state index contributed by atoms with van der Waals surface area (Å²) in [6.07, 6.45) is 10.6. The topological polar surface area (TPSA) is 78.3 Å². The number of allylic oxidation sites excluding steroid dienone is 3. The largest absolute Gasteiger partial charge is 0.493 e. The highest BCUT2D eigenvalue weighted by molar-refractivity contribution is 6.31. The number of amides is 3. The van der Waals surface area contributed by atoms with Gasteiger partial charge < -0.3 is 14.5 Å². The van der Waals surface area contributed by atoms with Crippen molar-refractivity contribution in [1.82, 2.24) is 19.7 Å². The number of nitrogens with zero attached hydrogens (tertiary/aromatic N) is 5. The van der Waals surface area contributed by atoms with Crippen LogP contribution in [0.25, 0.3) is 0 Å². The monoisotopic (exact) mass is 737 g/mol. The number of carbonyl (C=O) groups excluding carboxylic acids is 2. The second-order valence-electron chi connectivity index (χ2n) is 15.5. The Labute approximate surface area is 315 Å². The summed E-state index contributed by atoms with van der Waals surface area (Å²) in [6.45, 7) is 21.1. The molecule has 1 aromatic carbocycles. The van der Waals surface area contributed by atoms with Gasteiger partial charge in [0.1, 0.15) is 11.6 Å². The molecule has 1 unspecified atom stereocenters. The maximum Gasteiger partial charge on any atom is 0.325 e. The van der Waals surface area contributed by atoms with Gasteiger partial charge in [0.05, 0.1) is 24.3 Å². The normalized spacial score (nSPS) is 17.4. The molecule has 2 aromatic rings. The molecule has 1 aliphatic heterocycles. The molecule has 2 heterocycles. The molecule has 1 saturated heterocycles. The van der Waals surface area contributed by atoms with Crippen molar-refractivity contribution in [1.29, 1.82) is 0 Å². The number of hydrogen-bond acceptors (Lipinski definition) is 5. The molecular formula is C41H57Cl2N5O3. The molecule has 1 aromatic heterocycles. The fourth-order valence-electron chi connectivity index (χ4n) is 6.73. The zero-order chi connectivity index (χ0) is 37.5. The van der Waals surface area contributed by atoms with E-state index in [9.17, 15) is 9.59 Å². The molecule has 8 nitrogen and oxygen atoms in total. The molecule has 1 aliphatic carbocycles. The van der Waals surface area contributed by atoms with Crippen LogP contribution < -0.4 is 4.74 Å². The van der Waals surface area contributed by atoms with Crippen LogP contribution in [0.1, 0.15) is 105 Å². The van der Waals surface area contributed by atoms with Gasteiger partial charge in [0.15, 0.2) is 0 Å². The Balaban J connectivity index is 1.79. The van der Waals surface area contributed by atoms with Gasteiger partial charge in [0, 0.05) is 71.4 Å². The van der Waals surface area contributed by atoms with Gasteiger partial charge in [-0.3, -0.25) is 19.7 Å².